The van der Waals surface area contributed by atoms with Gasteiger partial charge in [0.05, 0.1) is 6.04 Å². The topological polar surface area (TPSA) is 55.6 Å². The SMILES string of the molecule is C/C=C(/C)OC(=O)N1Cc2ccccc2C[C@H]1CN. The predicted molar refractivity (Wildman–Crippen MR) is 74.4 cm³/mol. The molecule has 0 unspecified atom stereocenters. The number of benzene rings is 1. The van der Waals surface area contributed by atoms with Crippen molar-refractivity contribution in [3.63, 3.8) is 0 Å². The second kappa shape index (κ2) is 5.89. The van der Waals surface area contributed by atoms with E-state index in [2.05, 4.69) is 6.07 Å². The van der Waals surface area contributed by atoms with Crippen molar-refractivity contribution in [2.45, 2.75) is 32.9 Å². The van der Waals surface area contributed by atoms with Crippen LogP contribution in [0.15, 0.2) is 36.1 Å². The van der Waals surface area contributed by atoms with Gasteiger partial charge in [0.1, 0.15) is 5.76 Å². The number of carbonyl (C=O) groups excluding carboxylic acids is 1. The van der Waals surface area contributed by atoms with Crippen LogP contribution >= 0.6 is 0 Å². The molecule has 0 aromatic heterocycles. The van der Waals surface area contributed by atoms with Crippen LogP contribution < -0.4 is 5.73 Å². The summed E-state index contributed by atoms with van der Waals surface area (Å²) in [5.41, 5.74) is 8.22. The summed E-state index contributed by atoms with van der Waals surface area (Å²) < 4.78 is 5.28. The molecule has 0 aliphatic carbocycles. The molecular formula is C15H20N2O2. The maximum Gasteiger partial charge on any atom is 0.415 e. The molecule has 4 nitrogen and oxygen atoms in total. The number of amides is 1. The van der Waals surface area contributed by atoms with E-state index >= 15 is 0 Å². The minimum atomic E-state index is -0.319. The van der Waals surface area contributed by atoms with E-state index in [1.807, 2.05) is 25.1 Å². The van der Waals surface area contributed by atoms with Gasteiger partial charge in [-0.2, -0.15) is 0 Å². The molecule has 19 heavy (non-hydrogen) atoms. The van der Waals surface area contributed by atoms with Crippen LogP contribution in [0.3, 0.4) is 0 Å². The first-order valence-electron chi connectivity index (χ1n) is 6.54. The van der Waals surface area contributed by atoms with Gasteiger partial charge in [0.25, 0.3) is 0 Å². The first kappa shape index (κ1) is 13.6. The van der Waals surface area contributed by atoms with E-state index in [9.17, 15) is 4.79 Å². The number of hydrogen-bond acceptors (Lipinski definition) is 3. The molecule has 2 N–H and O–H groups in total. The predicted octanol–water partition coefficient (Wildman–Crippen LogP) is 2.43. The van der Waals surface area contributed by atoms with Gasteiger partial charge in [-0.1, -0.05) is 24.3 Å². The van der Waals surface area contributed by atoms with Crippen molar-refractivity contribution in [2.75, 3.05) is 6.54 Å². The van der Waals surface area contributed by atoms with Crippen molar-refractivity contribution >= 4 is 6.09 Å². The zero-order valence-electron chi connectivity index (χ0n) is 11.4. The summed E-state index contributed by atoms with van der Waals surface area (Å²) in [6.07, 6.45) is 2.24. The molecular weight excluding hydrogens is 240 g/mol. The third-order valence-electron chi connectivity index (χ3n) is 3.52. The number of fused-ring (bicyclic) bond motifs is 1. The van der Waals surface area contributed by atoms with Gasteiger partial charge in [0.2, 0.25) is 0 Å². The molecule has 0 saturated carbocycles. The van der Waals surface area contributed by atoms with Gasteiger partial charge < -0.3 is 10.5 Å². The van der Waals surface area contributed by atoms with Gasteiger partial charge in [-0.3, -0.25) is 4.90 Å². The summed E-state index contributed by atoms with van der Waals surface area (Å²) in [5, 5.41) is 0. The van der Waals surface area contributed by atoms with E-state index in [1.54, 1.807) is 17.9 Å². The Morgan fingerprint density at radius 2 is 2.16 bits per heavy atom. The lowest BCUT2D eigenvalue weighted by Gasteiger charge is -2.35. The number of hydrogen-bond donors (Lipinski definition) is 1. The highest BCUT2D eigenvalue weighted by Gasteiger charge is 2.29. The van der Waals surface area contributed by atoms with Crippen LogP contribution in [-0.2, 0) is 17.7 Å². The summed E-state index contributed by atoms with van der Waals surface area (Å²) >= 11 is 0. The van der Waals surface area contributed by atoms with Gasteiger partial charge in [-0.25, -0.2) is 4.79 Å². The van der Waals surface area contributed by atoms with Gasteiger partial charge in [0, 0.05) is 13.1 Å². The highest BCUT2D eigenvalue weighted by Crippen LogP contribution is 2.23. The monoisotopic (exact) mass is 260 g/mol. The molecule has 1 aromatic carbocycles. The van der Waals surface area contributed by atoms with Crippen LogP contribution in [0.1, 0.15) is 25.0 Å². The summed E-state index contributed by atoms with van der Waals surface area (Å²) in [4.78, 5) is 13.9. The fraction of sp³-hybridized carbons (Fsp3) is 0.400. The van der Waals surface area contributed by atoms with Crippen molar-refractivity contribution in [3.05, 3.63) is 47.2 Å². The Balaban J connectivity index is 2.19. The molecule has 1 aliphatic heterocycles. The molecule has 0 fully saturated rings. The minimum absolute atomic E-state index is 0.00653. The van der Waals surface area contributed by atoms with Crippen LogP contribution in [0, 0.1) is 0 Å². The Kier molecular flexibility index (Phi) is 4.22. The summed E-state index contributed by atoms with van der Waals surface area (Å²) in [6.45, 7) is 4.62. The molecule has 0 radical (unpaired) electrons. The molecule has 0 spiro atoms. The summed E-state index contributed by atoms with van der Waals surface area (Å²) in [6, 6.07) is 8.15. The zero-order valence-corrected chi connectivity index (χ0v) is 11.4. The number of rotatable bonds is 2. The average molecular weight is 260 g/mol. The standard InChI is InChI=1S/C15H20N2O2/c1-3-11(2)19-15(18)17-10-13-7-5-4-6-12(13)8-14(17)9-16/h3-7,14H,8-10,16H2,1-2H3/b11-3-/t14-/m0/s1. The highest BCUT2D eigenvalue weighted by atomic mass is 16.6. The normalized spacial score (nSPS) is 19.0. The highest BCUT2D eigenvalue weighted by molar-refractivity contribution is 5.70. The van der Waals surface area contributed by atoms with Crippen molar-refractivity contribution < 1.29 is 9.53 Å². The first-order chi connectivity index (χ1) is 9.15. The Hall–Kier alpha value is -1.81. The van der Waals surface area contributed by atoms with Gasteiger partial charge in [-0.05, 0) is 37.5 Å². The van der Waals surface area contributed by atoms with E-state index in [4.69, 9.17) is 10.5 Å². The fourth-order valence-electron chi connectivity index (χ4n) is 2.27. The van der Waals surface area contributed by atoms with Crippen LogP contribution in [-0.4, -0.2) is 23.6 Å². The minimum Gasteiger partial charge on any atom is -0.415 e. The molecule has 0 saturated heterocycles. The number of carbonyl (C=O) groups is 1. The van der Waals surface area contributed by atoms with Gasteiger partial charge >= 0.3 is 6.09 Å². The van der Waals surface area contributed by atoms with Crippen molar-refractivity contribution in [1.29, 1.82) is 0 Å². The van der Waals surface area contributed by atoms with Crippen molar-refractivity contribution in [3.8, 4) is 0 Å². The molecule has 102 valence electrons. The molecule has 0 bridgehead atoms. The Labute approximate surface area is 113 Å². The number of nitrogens with zero attached hydrogens (tertiary/aromatic N) is 1. The second-order valence-electron chi connectivity index (χ2n) is 4.76. The lowest BCUT2D eigenvalue weighted by atomic mass is 9.94. The number of nitrogens with two attached hydrogens (primary N) is 1. The first-order valence-corrected chi connectivity index (χ1v) is 6.54. The lowest BCUT2D eigenvalue weighted by Crippen LogP contribution is -2.48. The quantitative estimate of drug-likeness (QED) is 0.831. The third kappa shape index (κ3) is 2.96. The second-order valence-corrected chi connectivity index (χ2v) is 4.76. The fourth-order valence-corrected chi connectivity index (χ4v) is 2.27. The molecule has 1 aromatic rings. The van der Waals surface area contributed by atoms with Crippen molar-refractivity contribution in [1.82, 2.24) is 4.90 Å². The third-order valence-corrected chi connectivity index (χ3v) is 3.52. The van der Waals surface area contributed by atoms with Crippen LogP contribution in [0.25, 0.3) is 0 Å². The Bertz CT molecular complexity index is 497. The van der Waals surface area contributed by atoms with Gasteiger partial charge in [0.15, 0.2) is 0 Å². The summed E-state index contributed by atoms with van der Waals surface area (Å²) in [5.74, 6) is 0.611. The molecule has 2 rings (SSSR count). The van der Waals surface area contributed by atoms with E-state index in [-0.39, 0.29) is 12.1 Å². The van der Waals surface area contributed by atoms with E-state index < -0.39 is 0 Å². The maximum atomic E-state index is 12.2. The Morgan fingerprint density at radius 3 is 2.79 bits per heavy atom. The lowest BCUT2D eigenvalue weighted by molar-refractivity contribution is 0.102. The zero-order chi connectivity index (χ0) is 13.8. The molecule has 1 heterocycles. The molecule has 4 heteroatoms. The van der Waals surface area contributed by atoms with Crippen LogP contribution in [0.4, 0.5) is 4.79 Å². The van der Waals surface area contributed by atoms with E-state index in [1.165, 1.54) is 11.1 Å². The van der Waals surface area contributed by atoms with Crippen molar-refractivity contribution in [2.24, 2.45) is 5.73 Å². The van der Waals surface area contributed by atoms with E-state index in [0.29, 0.717) is 18.8 Å². The molecule has 1 atom stereocenters. The number of ether oxygens (including phenoxy) is 1. The molecule has 1 amide bonds. The van der Waals surface area contributed by atoms with Gasteiger partial charge in [-0.15, -0.1) is 0 Å². The number of allylic oxidation sites excluding steroid dienone is 2. The average Bonchev–Trinajstić information content (AvgIpc) is 2.45. The summed E-state index contributed by atoms with van der Waals surface area (Å²) in [7, 11) is 0. The van der Waals surface area contributed by atoms with Crippen LogP contribution in [0.2, 0.25) is 0 Å². The molecule has 1 aliphatic rings. The maximum absolute atomic E-state index is 12.2. The smallest absolute Gasteiger partial charge is 0.415 e. The Morgan fingerprint density at radius 1 is 1.47 bits per heavy atom. The van der Waals surface area contributed by atoms with Crippen LogP contribution in [0.5, 0.6) is 0 Å². The van der Waals surface area contributed by atoms with E-state index in [0.717, 1.165) is 6.42 Å². The largest absolute Gasteiger partial charge is 0.415 e.